The minimum absolute atomic E-state index is 0.0298. The van der Waals surface area contributed by atoms with E-state index in [2.05, 4.69) is 22.4 Å². The molecule has 3 aromatic rings. The quantitative estimate of drug-likeness (QED) is 0.753. The van der Waals surface area contributed by atoms with Crippen molar-refractivity contribution in [2.24, 2.45) is 0 Å². The summed E-state index contributed by atoms with van der Waals surface area (Å²) >= 11 is 0. The lowest BCUT2D eigenvalue weighted by Gasteiger charge is -2.27. The number of ether oxygens (including phenoxy) is 1. The van der Waals surface area contributed by atoms with Crippen LogP contribution in [0.15, 0.2) is 61.2 Å². The molecule has 1 heterocycles. The van der Waals surface area contributed by atoms with Crippen molar-refractivity contribution in [1.82, 2.24) is 14.9 Å². The molecule has 0 saturated carbocycles. The molecule has 0 bridgehead atoms. The van der Waals surface area contributed by atoms with Crippen molar-refractivity contribution in [2.45, 2.75) is 31.8 Å². The zero-order chi connectivity index (χ0) is 18.6. The summed E-state index contributed by atoms with van der Waals surface area (Å²) in [7, 11) is 1.68. The highest BCUT2D eigenvalue weighted by Crippen LogP contribution is 2.32. The normalized spacial score (nSPS) is 15.8. The molecule has 138 valence electrons. The van der Waals surface area contributed by atoms with Crippen LogP contribution in [0.4, 0.5) is 0 Å². The number of aryl methyl sites for hydroxylation is 1. The first-order valence-electron chi connectivity index (χ1n) is 9.25. The van der Waals surface area contributed by atoms with Crippen LogP contribution in [0.25, 0.3) is 0 Å². The SMILES string of the molecule is COc1ccc2c(c1)CCC[C@H]2NC(=O)c1ccc(Cn2ccnc2)cc1. The number of carbonyl (C=O) groups excluding carboxylic acids is 1. The van der Waals surface area contributed by atoms with Crippen molar-refractivity contribution in [3.8, 4) is 5.75 Å². The molecule has 0 spiro atoms. The fourth-order valence-corrected chi connectivity index (χ4v) is 3.66. The molecular formula is C22H23N3O2. The number of benzene rings is 2. The molecule has 1 amide bonds. The summed E-state index contributed by atoms with van der Waals surface area (Å²) in [5.74, 6) is 0.840. The Morgan fingerprint density at radius 2 is 2.11 bits per heavy atom. The van der Waals surface area contributed by atoms with Crippen molar-refractivity contribution < 1.29 is 9.53 Å². The van der Waals surface area contributed by atoms with Crippen LogP contribution in [0.3, 0.4) is 0 Å². The monoisotopic (exact) mass is 361 g/mol. The van der Waals surface area contributed by atoms with Gasteiger partial charge in [-0.2, -0.15) is 0 Å². The first-order valence-corrected chi connectivity index (χ1v) is 9.25. The highest BCUT2D eigenvalue weighted by atomic mass is 16.5. The standard InChI is InChI=1S/C22H23N3O2/c1-27-19-9-10-20-18(13-19)3-2-4-21(20)24-22(26)17-7-5-16(6-8-17)14-25-12-11-23-15-25/h5-13,15,21H,2-4,14H2,1H3,(H,24,26)/t21-/m1/s1. The molecule has 1 aliphatic carbocycles. The molecule has 0 aliphatic heterocycles. The molecule has 1 aromatic heterocycles. The van der Waals surface area contributed by atoms with E-state index in [-0.39, 0.29) is 11.9 Å². The lowest BCUT2D eigenvalue weighted by Crippen LogP contribution is -2.31. The summed E-state index contributed by atoms with van der Waals surface area (Å²) in [6, 6.07) is 13.9. The lowest BCUT2D eigenvalue weighted by atomic mass is 9.87. The lowest BCUT2D eigenvalue weighted by molar-refractivity contribution is 0.0932. The largest absolute Gasteiger partial charge is 0.497 e. The van der Waals surface area contributed by atoms with E-state index in [1.807, 2.05) is 41.1 Å². The van der Waals surface area contributed by atoms with Crippen LogP contribution >= 0.6 is 0 Å². The fourth-order valence-electron chi connectivity index (χ4n) is 3.66. The van der Waals surface area contributed by atoms with Crippen molar-refractivity contribution in [2.75, 3.05) is 7.11 Å². The third kappa shape index (κ3) is 3.87. The van der Waals surface area contributed by atoms with Crippen LogP contribution in [0, 0.1) is 0 Å². The number of rotatable bonds is 5. The Hall–Kier alpha value is -3.08. The van der Waals surface area contributed by atoms with Crippen LogP contribution in [-0.4, -0.2) is 22.6 Å². The topological polar surface area (TPSA) is 56.1 Å². The van der Waals surface area contributed by atoms with Gasteiger partial charge in [0.2, 0.25) is 0 Å². The van der Waals surface area contributed by atoms with Crippen LogP contribution < -0.4 is 10.1 Å². The molecule has 27 heavy (non-hydrogen) atoms. The summed E-state index contributed by atoms with van der Waals surface area (Å²) in [5, 5.41) is 3.20. The Bertz CT molecular complexity index is 917. The minimum Gasteiger partial charge on any atom is -0.497 e. The average molecular weight is 361 g/mol. The first kappa shape index (κ1) is 17.3. The molecule has 1 N–H and O–H groups in total. The Morgan fingerprint density at radius 1 is 1.26 bits per heavy atom. The van der Waals surface area contributed by atoms with Gasteiger partial charge in [0.05, 0.1) is 19.5 Å². The molecule has 4 rings (SSSR count). The summed E-state index contributed by atoms with van der Waals surface area (Å²) in [6.45, 7) is 0.750. The molecule has 5 heteroatoms. The van der Waals surface area contributed by atoms with Gasteiger partial charge in [-0.05, 0) is 60.2 Å². The number of nitrogens with one attached hydrogen (secondary N) is 1. The number of imidazole rings is 1. The number of amides is 1. The number of aromatic nitrogens is 2. The molecule has 0 unspecified atom stereocenters. The van der Waals surface area contributed by atoms with Crippen LogP contribution in [0.1, 0.15) is 45.9 Å². The molecule has 5 nitrogen and oxygen atoms in total. The fraction of sp³-hybridized carbons (Fsp3) is 0.273. The van der Waals surface area contributed by atoms with Crippen molar-refractivity contribution in [1.29, 1.82) is 0 Å². The van der Waals surface area contributed by atoms with Crippen LogP contribution in [0.5, 0.6) is 5.75 Å². The van der Waals surface area contributed by atoms with Gasteiger partial charge >= 0.3 is 0 Å². The van der Waals surface area contributed by atoms with Gasteiger partial charge in [-0.25, -0.2) is 4.98 Å². The third-order valence-electron chi connectivity index (χ3n) is 5.11. The van der Waals surface area contributed by atoms with E-state index in [4.69, 9.17) is 4.74 Å². The van der Waals surface area contributed by atoms with Gasteiger partial charge in [-0.3, -0.25) is 4.79 Å². The van der Waals surface area contributed by atoms with Crippen LogP contribution in [0.2, 0.25) is 0 Å². The van der Waals surface area contributed by atoms with Gasteiger partial charge in [0.25, 0.3) is 5.91 Å². The van der Waals surface area contributed by atoms with Crippen LogP contribution in [-0.2, 0) is 13.0 Å². The van der Waals surface area contributed by atoms with Crippen molar-refractivity contribution in [3.05, 3.63) is 83.4 Å². The summed E-state index contributed by atoms with van der Waals surface area (Å²) < 4.78 is 7.32. The predicted molar refractivity (Wildman–Crippen MR) is 104 cm³/mol. The van der Waals surface area contributed by atoms with Crippen molar-refractivity contribution in [3.63, 3.8) is 0 Å². The highest BCUT2D eigenvalue weighted by Gasteiger charge is 2.22. The second-order valence-corrected chi connectivity index (χ2v) is 6.91. The second kappa shape index (κ2) is 7.66. The van der Waals surface area contributed by atoms with Gasteiger partial charge in [0.15, 0.2) is 0 Å². The van der Waals surface area contributed by atoms with E-state index in [0.717, 1.165) is 37.1 Å². The number of nitrogens with zero attached hydrogens (tertiary/aromatic N) is 2. The third-order valence-corrected chi connectivity index (χ3v) is 5.11. The minimum atomic E-state index is -0.0298. The molecule has 1 atom stereocenters. The summed E-state index contributed by atoms with van der Waals surface area (Å²) in [5.41, 5.74) is 4.29. The van der Waals surface area contributed by atoms with E-state index < -0.39 is 0 Å². The van der Waals surface area contributed by atoms with E-state index in [0.29, 0.717) is 5.56 Å². The molecule has 0 saturated heterocycles. The van der Waals surface area contributed by atoms with Crippen molar-refractivity contribution >= 4 is 5.91 Å². The van der Waals surface area contributed by atoms with E-state index in [1.54, 1.807) is 19.6 Å². The molecular weight excluding hydrogens is 338 g/mol. The Balaban J connectivity index is 1.45. The first-order chi connectivity index (χ1) is 13.2. The number of methoxy groups -OCH3 is 1. The smallest absolute Gasteiger partial charge is 0.251 e. The molecule has 0 radical (unpaired) electrons. The van der Waals surface area contributed by atoms with Gasteiger partial charge in [0.1, 0.15) is 5.75 Å². The maximum atomic E-state index is 12.7. The number of hydrogen-bond donors (Lipinski definition) is 1. The zero-order valence-electron chi connectivity index (χ0n) is 15.4. The Kier molecular flexibility index (Phi) is 4.92. The summed E-state index contributed by atoms with van der Waals surface area (Å²) in [4.78, 5) is 16.8. The van der Waals surface area contributed by atoms with Gasteiger partial charge < -0.3 is 14.6 Å². The molecule has 0 fully saturated rings. The zero-order valence-corrected chi connectivity index (χ0v) is 15.4. The number of fused-ring (bicyclic) bond motifs is 1. The average Bonchev–Trinajstić information content (AvgIpc) is 3.21. The maximum absolute atomic E-state index is 12.7. The summed E-state index contributed by atoms with van der Waals surface area (Å²) in [6.07, 6.45) is 8.53. The maximum Gasteiger partial charge on any atom is 0.251 e. The second-order valence-electron chi connectivity index (χ2n) is 6.91. The highest BCUT2D eigenvalue weighted by molar-refractivity contribution is 5.94. The molecule has 2 aromatic carbocycles. The van der Waals surface area contributed by atoms with Gasteiger partial charge in [-0.1, -0.05) is 18.2 Å². The Labute approximate surface area is 159 Å². The van der Waals surface area contributed by atoms with E-state index >= 15 is 0 Å². The van der Waals surface area contributed by atoms with E-state index in [9.17, 15) is 4.79 Å². The number of carbonyl (C=O) groups is 1. The van der Waals surface area contributed by atoms with Gasteiger partial charge in [-0.15, -0.1) is 0 Å². The van der Waals surface area contributed by atoms with E-state index in [1.165, 1.54) is 11.1 Å². The van der Waals surface area contributed by atoms with Gasteiger partial charge in [0, 0.05) is 24.5 Å². The number of hydrogen-bond acceptors (Lipinski definition) is 3. The molecule has 1 aliphatic rings. The predicted octanol–water partition coefficient (Wildman–Crippen LogP) is 3.75. The Morgan fingerprint density at radius 3 is 2.85 bits per heavy atom.